The molecule has 2 aromatic carbocycles. The Morgan fingerprint density at radius 2 is 1.72 bits per heavy atom. The number of ether oxygens (including phenoxy) is 3. The summed E-state index contributed by atoms with van der Waals surface area (Å²) in [4.78, 5) is 39.9. The lowest BCUT2D eigenvalue weighted by atomic mass is 9.68. The van der Waals surface area contributed by atoms with Gasteiger partial charge in [0.05, 0.1) is 47.7 Å². The first-order valence-corrected chi connectivity index (χ1v) is 12.4. The standard InChI is InChI=1S/C27H29NO11/c1-9-21(30)11(28)7-14(38-9)39-13-8-27(2,36)20(26(35)37-3)17-16(13)24(33)19-18(25(17)34)22(31)10-5-4-6-12(29)15(10)23(19)32/h4-6,9,11,13-14,20-21,29-30,33-34,36H,7-8,28H2,1-3H3. The number of aromatic hydroxyl groups is 3. The highest BCUT2D eigenvalue weighted by molar-refractivity contribution is 6.31. The second kappa shape index (κ2) is 9.28. The van der Waals surface area contributed by atoms with Crippen molar-refractivity contribution >= 4 is 17.5 Å². The van der Waals surface area contributed by atoms with Crippen LogP contribution in [-0.4, -0.2) is 80.3 Å². The van der Waals surface area contributed by atoms with Gasteiger partial charge >= 0.3 is 5.97 Å². The molecule has 12 heteroatoms. The van der Waals surface area contributed by atoms with Crippen molar-refractivity contribution in [3.05, 3.63) is 51.6 Å². The van der Waals surface area contributed by atoms with Gasteiger partial charge in [-0.3, -0.25) is 14.4 Å². The molecule has 0 spiro atoms. The highest BCUT2D eigenvalue weighted by Gasteiger charge is 2.53. The molecular formula is C27H29NO11. The molecule has 2 aliphatic carbocycles. The third-order valence-corrected chi connectivity index (χ3v) is 7.83. The number of carbonyl (C=O) groups is 3. The van der Waals surface area contributed by atoms with Gasteiger partial charge < -0.3 is 45.5 Å². The van der Waals surface area contributed by atoms with Crippen LogP contribution in [-0.2, 0) is 19.0 Å². The molecular weight excluding hydrogens is 514 g/mol. The van der Waals surface area contributed by atoms with E-state index in [1.807, 2.05) is 0 Å². The van der Waals surface area contributed by atoms with Gasteiger partial charge in [-0.1, -0.05) is 12.1 Å². The number of phenolic OH excluding ortho intramolecular Hbond substituents is 3. The van der Waals surface area contributed by atoms with E-state index in [2.05, 4.69) is 0 Å². The smallest absolute Gasteiger partial charge is 0.316 e. The van der Waals surface area contributed by atoms with Crippen LogP contribution in [0.1, 0.15) is 81.7 Å². The monoisotopic (exact) mass is 543 g/mol. The second-order valence-electron chi connectivity index (χ2n) is 10.4. The van der Waals surface area contributed by atoms with Crippen LogP contribution in [0.3, 0.4) is 0 Å². The molecule has 1 heterocycles. The average Bonchev–Trinajstić information content (AvgIpc) is 2.86. The number of aliphatic hydroxyl groups is 2. The first-order valence-electron chi connectivity index (χ1n) is 12.4. The van der Waals surface area contributed by atoms with E-state index >= 15 is 0 Å². The summed E-state index contributed by atoms with van der Waals surface area (Å²) < 4.78 is 16.7. The first-order chi connectivity index (χ1) is 18.3. The number of carbonyl (C=O) groups excluding carboxylic acids is 3. The number of hydrogen-bond acceptors (Lipinski definition) is 12. The Labute approximate surface area is 222 Å². The Morgan fingerprint density at radius 3 is 2.36 bits per heavy atom. The molecule has 0 amide bonds. The molecule has 3 aliphatic rings. The van der Waals surface area contributed by atoms with Crippen molar-refractivity contribution in [2.75, 3.05) is 7.11 Å². The number of benzene rings is 2. The van der Waals surface area contributed by atoms with Gasteiger partial charge in [0, 0.05) is 35.6 Å². The predicted molar refractivity (Wildman–Crippen MR) is 132 cm³/mol. The van der Waals surface area contributed by atoms with Gasteiger partial charge in [0.25, 0.3) is 0 Å². The summed E-state index contributed by atoms with van der Waals surface area (Å²) >= 11 is 0. The predicted octanol–water partition coefficient (Wildman–Crippen LogP) is 0.871. The Hall–Kier alpha value is -3.55. The van der Waals surface area contributed by atoms with Crippen LogP contribution in [0.15, 0.2) is 18.2 Å². The van der Waals surface area contributed by atoms with Crippen molar-refractivity contribution in [1.82, 2.24) is 0 Å². The van der Waals surface area contributed by atoms with Crippen molar-refractivity contribution in [1.29, 1.82) is 0 Å². The highest BCUT2D eigenvalue weighted by Crippen LogP contribution is 2.56. The van der Waals surface area contributed by atoms with Crippen LogP contribution >= 0.6 is 0 Å². The first kappa shape index (κ1) is 27.0. The minimum absolute atomic E-state index is 0.0380. The molecule has 0 bridgehead atoms. The van der Waals surface area contributed by atoms with Crippen LogP contribution in [0.4, 0.5) is 0 Å². The SMILES string of the molecule is COC(=O)C1c2c(O)c3c(c(O)c2C(OC2CC(N)C(O)C(C)O2)CC1(C)O)C(=O)c1c(O)cccc1C3=O. The maximum absolute atomic E-state index is 13.5. The largest absolute Gasteiger partial charge is 0.507 e. The molecule has 1 aliphatic heterocycles. The van der Waals surface area contributed by atoms with E-state index < -0.39 is 88.1 Å². The van der Waals surface area contributed by atoms with Crippen LogP contribution in [0.2, 0.25) is 0 Å². The molecule has 12 nitrogen and oxygen atoms in total. The zero-order valence-electron chi connectivity index (χ0n) is 21.4. The third-order valence-electron chi connectivity index (χ3n) is 7.83. The van der Waals surface area contributed by atoms with E-state index in [0.29, 0.717) is 0 Å². The van der Waals surface area contributed by atoms with Gasteiger partial charge in [-0.05, 0) is 19.9 Å². The summed E-state index contributed by atoms with van der Waals surface area (Å²) in [6, 6.07) is 3.13. The van der Waals surface area contributed by atoms with Crippen molar-refractivity contribution in [3.8, 4) is 17.2 Å². The highest BCUT2D eigenvalue weighted by atomic mass is 16.7. The van der Waals surface area contributed by atoms with Gasteiger partial charge in [-0.2, -0.15) is 0 Å². The van der Waals surface area contributed by atoms with Crippen LogP contribution in [0.25, 0.3) is 0 Å². The molecule has 0 aromatic heterocycles. The summed E-state index contributed by atoms with van der Waals surface area (Å²) in [7, 11) is 1.08. The van der Waals surface area contributed by atoms with Gasteiger partial charge in [0.15, 0.2) is 12.1 Å². The second-order valence-corrected chi connectivity index (χ2v) is 10.4. The minimum Gasteiger partial charge on any atom is -0.507 e. The number of esters is 1. The maximum atomic E-state index is 13.5. The molecule has 7 unspecified atom stereocenters. The van der Waals surface area contributed by atoms with Crippen LogP contribution in [0.5, 0.6) is 17.2 Å². The molecule has 2 aromatic rings. The fraction of sp³-hybridized carbons (Fsp3) is 0.444. The lowest BCUT2D eigenvalue weighted by Gasteiger charge is -2.44. The quantitative estimate of drug-likeness (QED) is 0.201. The summed E-state index contributed by atoms with van der Waals surface area (Å²) in [6.45, 7) is 2.90. The van der Waals surface area contributed by atoms with Crippen LogP contribution < -0.4 is 5.73 Å². The van der Waals surface area contributed by atoms with Crippen molar-refractivity contribution in [2.45, 2.75) is 68.9 Å². The van der Waals surface area contributed by atoms with Gasteiger partial charge in [0.1, 0.15) is 23.2 Å². The normalized spacial score (nSPS) is 31.7. The molecule has 0 saturated carbocycles. The molecule has 208 valence electrons. The van der Waals surface area contributed by atoms with Crippen molar-refractivity contribution in [2.24, 2.45) is 5.73 Å². The zero-order chi connectivity index (χ0) is 28.5. The lowest BCUT2D eigenvalue weighted by Crippen LogP contribution is -2.52. The Kier molecular flexibility index (Phi) is 6.43. The molecule has 5 rings (SSSR count). The minimum atomic E-state index is -1.91. The van der Waals surface area contributed by atoms with E-state index in [-0.39, 0.29) is 35.1 Å². The van der Waals surface area contributed by atoms with E-state index in [9.17, 15) is 39.9 Å². The van der Waals surface area contributed by atoms with E-state index in [0.717, 1.165) is 7.11 Å². The molecule has 7 N–H and O–H groups in total. The number of methoxy groups -OCH3 is 1. The number of aliphatic hydroxyl groups excluding tert-OH is 1. The number of hydrogen-bond donors (Lipinski definition) is 6. The molecule has 39 heavy (non-hydrogen) atoms. The zero-order valence-corrected chi connectivity index (χ0v) is 21.4. The Bertz CT molecular complexity index is 1390. The van der Waals surface area contributed by atoms with Gasteiger partial charge in [-0.25, -0.2) is 0 Å². The number of ketones is 2. The van der Waals surface area contributed by atoms with Crippen LogP contribution in [0, 0.1) is 0 Å². The third kappa shape index (κ3) is 3.98. The summed E-state index contributed by atoms with van der Waals surface area (Å²) in [5.41, 5.74) is 1.84. The molecule has 1 saturated heterocycles. The fourth-order valence-corrected chi connectivity index (χ4v) is 5.92. The van der Waals surface area contributed by atoms with Gasteiger partial charge in [0.2, 0.25) is 5.78 Å². The Balaban J connectivity index is 1.74. The number of rotatable bonds is 3. The summed E-state index contributed by atoms with van der Waals surface area (Å²) in [5.74, 6) is -6.39. The topological polar surface area (TPSA) is 206 Å². The Morgan fingerprint density at radius 1 is 1.08 bits per heavy atom. The summed E-state index contributed by atoms with van der Waals surface area (Å²) in [6.07, 6.45) is -4.25. The maximum Gasteiger partial charge on any atom is 0.316 e. The molecule has 0 radical (unpaired) electrons. The van der Waals surface area contributed by atoms with Crippen molar-refractivity contribution in [3.63, 3.8) is 0 Å². The number of fused-ring (bicyclic) bond motifs is 3. The van der Waals surface area contributed by atoms with E-state index in [4.69, 9.17) is 19.9 Å². The average molecular weight is 544 g/mol. The lowest BCUT2D eigenvalue weighted by molar-refractivity contribution is -0.248. The van der Waals surface area contributed by atoms with Gasteiger partial charge in [-0.15, -0.1) is 0 Å². The van der Waals surface area contributed by atoms with E-state index in [1.165, 1.54) is 25.1 Å². The van der Waals surface area contributed by atoms with E-state index in [1.54, 1.807) is 6.92 Å². The molecule has 1 fully saturated rings. The summed E-state index contributed by atoms with van der Waals surface area (Å²) in [5, 5.41) is 54.9. The number of phenols is 3. The fourth-order valence-electron chi connectivity index (χ4n) is 5.92. The molecule has 7 atom stereocenters. The van der Waals surface area contributed by atoms with Crippen molar-refractivity contribution < 1.29 is 54.1 Å². The number of nitrogens with two attached hydrogens (primary N) is 1.